The molecule has 1 atom stereocenters. The van der Waals surface area contributed by atoms with Gasteiger partial charge in [-0.25, -0.2) is 14.4 Å². The lowest BCUT2D eigenvalue weighted by atomic mass is 9.94. The topological polar surface area (TPSA) is 64.5 Å². The molecule has 28 heavy (non-hydrogen) atoms. The first kappa shape index (κ1) is 18.9. The van der Waals surface area contributed by atoms with Crippen molar-refractivity contribution in [1.82, 2.24) is 9.97 Å². The minimum absolute atomic E-state index is 0.200. The summed E-state index contributed by atoms with van der Waals surface area (Å²) in [5, 5.41) is 13.7. The molecule has 2 aliphatic rings. The summed E-state index contributed by atoms with van der Waals surface area (Å²) < 4.78 is 13.6. The average Bonchev–Trinajstić information content (AvgIpc) is 2.68. The average molecular weight is 385 g/mol. The maximum Gasteiger partial charge on any atom is 0.134 e. The SMILES string of the molecule is CC1(O)CCN(c2cc(NC3CCCN(c4cccc(F)c4)C3)ncn2)CC1. The molecule has 150 valence electrons. The number of aromatic nitrogens is 2. The number of benzene rings is 1. The molecule has 1 unspecified atom stereocenters. The summed E-state index contributed by atoms with van der Waals surface area (Å²) in [4.78, 5) is 13.2. The monoisotopic (exact) mass is 385 g/mol. The summed E-state index contributed by atoms with van der Waals surface area (Å²) in [5.41, 5.74) is 0.350. The van der Waals surface area contributed by atoms with Crippen LogP contribution in [0.1, 0.15) is 32.6 Å². The zero-order valence-electron chi connectivity index (χ0n) is 16.3. The van der Waals surface area contributed by atoms with E-state index in [9.17, 15) is 9.50 Å². The first-order chi connectivity index (χ1) is 13.5. The quantitative estimate of drug-likeness (QED) is 0.843. The molecule has 3 heterocycles. The van der Waals surface area contributed by atoms with Gasteiger partial charge in [-0.2, -0.15) is 0 Å². The van der Waals surface area contributed by atoms with E-state index in [-0.39, 0.29) is 11.9 Å². The van der Waals surface area contributed by atoms with E-state index in [0.717, 1.165) is 69.2 Å². The van der Waals surface area contributed by atoms with Crippen LogP contribution < -0.4 is 15.1 Å². The lowest BCUT2D eigenvalue weighted by molar-refractivity contribution is 0.0350. The molecule has 2 fully saturated rings. The number of nitrogens with one attached hydrogen (secondary N) is 1. The van der Waals surface area contributed by atoms with Crippen LogP contribution in [0.2, 0.25) is 0 Å². The maximum absolute atomic E-state index is 13.6. The molecule has 0 spiro atoms. The molecule has 1 aromatic heterocycles. The summed E-state index contributed by atoms with van der Waals surface area (Å²) in [6.07, 6.45) is 5.18. The Bertz CT molecular complexity index is 805. The Kier molecular flexibility index (Phi) is 5.35. The molecule has 0 amide bonds. The maximum atomic E-state index is 13.6. The van der Waals surface area contributed by atoms with Crippen LogP contribution in [0.15, 0.2) is 36.7 Å². The van der Waals surface area contributed by atoms with Gasteiger partial charge in [0.25, 0.3) is 0 Å². The van der Waals surface area contributed by atoms with Crippen molar-refractivity contribution >= 4 is 17.3 Å². The highest BCUT2D eigenvalue weighted by atomic mass is 19.1. The van der Waals surface area contributed by atoms with Crippen molar-refractivity contribution in [2.24, 2.45) is 0 Å². The van der Waals surface area contributed by atoms with E-state index in [2.05, 4.69) is 25.1 Å². The number of rotatable bonds is 4. The van der Waals surface area contributed by atoms with Crippen molar-refractivity contribution in [2.75, 3.05) is 41.3 Å². The molecule has 0 radical (unpaired) electrons. The fraction of sp³-hybridized carbons (Fsp3) is 0.524. The largest absolute Gasteiger partial charge is 0.390 e. The minimum Gasteiger partial charge on any atom is -0.390 e. The number of piperidine rings is 2. The van der Waals surface area contributed by atoms with Gasteiger partial charge in [0.05, 0.1) is 5.60 Å². The van der Waals surface area contributed by atoms with Gasteiger partial charge in [0.15, 0.2) is 0 Å². The van der Waals surface area contributed by atoms with Crippen LogP contribution in [0.4, 0.5) is 21.7 Å². The summed E-state index contributed by atoms with van der Waals surface area (Å²) in [6.45, 7) is 5.23. The van der Waals surface area contributed by atoms with Crippen LogP contribution in [-0.2, 0) is 0 Å². The predicted octanol–water partition coefficient (Wildman–Crippen LogP) is 3.05. The van der Waals surface area contributed by atoms with Crippen LogP contribution >= 0.6 is 0 Å². The van der Waals surface area contributed by atoms with Crippen molar-refractivity contribution in [3.05, 3.63) is 42.5 Å². The summed E-state index contributed by atoms with van der Waals surface area (Å²) in [7, 11) is 0. The minimum atomic E-state index is -0.576. The zero-order chi connectivity index (χ0) is 19.6. The van der Waals surface area contributed by atoms with Gasteiger partial charge in [0.1, 0.15) is 23.8 Å². The van der Waals surface area contributed by atoms with E-state index in [0.29, 0.717) is 0 Å². The van der Waals surface area contributed by atoms with Crippen LogP contribution in [0, 0.1) is 5.82 Å². The Labute approximate surface area is 165 Å². The Morgan fingerprint density at radius 2 is 1.96 bits per heavy atom. The Hall–Kier alpha value is -2.41. The molecule has 2 saturated heterocycles. The molecular weight excluding hydrogens is 357 g/mol. The number of nitrogens with zero attached hydrogens (tertiary/aromatic N) is 4. The van der Waals surface area contributed by atoms with Gasteiger partial charge >= 0.3 is 0 Å². The third kappa shape index (κ3) is 4.52. The first-order valence-corrected chi connectivity index (χ1v) is 10.0. The zero-order valence-corrected chi connectivity index (χ0v) is 16.3. The van der Waals surface area contributed by atoms with Gasteiger partial charge in [0.2, 0.25) is 0 Å². The highest BCUT2D eigenvalue weighted by Gasteiger charge is 2.28. The molecule has 7 heteroatoms. The van der Waals surface area contributed by atoms with Gasteiger partial charge in [-0.3, -0.25) is 0 Å². The number of hydrogen-bond acceptors (Lipinski definition) is 6. The van der Waals surface area contributed by atoms with Crippen LogP contribution in [0.25, 0.3) is 0 Å². The summed E-state index contributed by atoms with van der Waals surface area (Å²) in [6, 6.07) is 9.03. The van der Waals surface area contributed by atoms with Crippen LogP contribution in [-0.4, -0.2) is 52.9 Å². The molecule has 0 saturated carbocycles. The second-order valence-corrected chi connectivity index (χ2v) is 8.15. The smallest absolute Gasteiger partial charge is 0.134 e. The molecule has 6 nitrogen and oxygen atoms in total. The van der Waals surface area contributed by atoms with Crippen molar-refractivity contribution in [1.29, 1.82) is 0 Å². The molecular formula is C21H28FN5O. The first-order valence-electron chi connectivity index (χ1n) is 10.0. The lowest BCUT2D eigenvalue weighted by Crippen LogP contribution is -2.43. The molecule has 4 rings (SSSR count). The van der Waals surface area contributed by atoms with E-state index in [1.54, 1.807) is 18.5 Å². The van der Waals surface area contributed by atoms with Gasteiger partial charge in [-0.15, -0.1) is 0 Å². The molecule has 2 aromatic rings. The molecule has 1 aromatic carbocycles. The van der Waals surface area contributed by atoms with E-state index in [1.165, 1.54) is 6.07 Å². The highest BCUT2D eigenvalue weighted by Crippen LogP contribution is 2.26. The van der Waals surface area contributed by atoms with Gasteiger partial charge in [-0.1, -0.05) is 6.07 Å². The highest BCUT2D eigenvalue weighted by molar-refractivity contribution is 5.51. The molecule has 0 aliphatic carbocycles. The van der Waals surface area contributed by atoms with E-state index in [4.69, 9.17) is 0 Å². The van der Waals surface area contributed by atoms with Crippen molar-refractivity contribution < 1.29 is 9.50 Å². The van der Waals surface area contributed by atoms with Crippen molar-refractivity contribution in [3.8, 4) is 0 Å². The van der Waals surface area contributed by atoms with Crippen LogP contribution in [0.5, 0.6) is 0 Å². The van der Waals surface area contributed by atoms with E-state index < -0.39 is 5.60 Å². The van der Waals surface area contributed by atoms with Gasteiger partial charge < -0.3 is 20.2 Å². The molecule has 2 aliphatic heterocycles. The van der Waals surface area contributed by atoms with E-state index in [1.807, 2.05) is 19.1 Å². The third-order valence-corrected chi connectivity index (χ3v) is 5.76. The Morgan fingerprint density at radius 1 is 1.14 bits per heavy atom. The third-order valence-electron chi connectivity index (χ3n) is 5.76. The lowest BCUT2D eigenvalue weighted by Gasteiger charge is -2.37. The number of aliphatic hydroxyl groups is 1. The number of halogens is 1. The fourth-order valence-corrected chi connectivity index (χ4v) is 4.03. The van der Waals surface area contributed by atoms with Crippen molar-refractivity contribution in [3.63, 3.8) is 0 Å². The second-order valence-electron chi connectivity index (χ2n) is 8.15. The van der Waals surface area contributed by atoms with Crippen molar-refractivity contribution in [2.45, 2.75) is 44.2 Å². The normalized spacial score (nSPS) is 22.2. The summed E-state index contributed by atoms with van der Waals surface area (Å²) in [5.74, 6) is 1.51. The molecule has 2 N–H and O–H groups in total. The summed E-state index contributed by atoms with van der Waals surface area (Å²) >= 11 is 0. The standard InChI is InChI=1S/C21H28FN5O/c1-21(28)7-10-26(11-8-21)20-13-19(23-15-24-20)25-17-5-3-9-27(14-17)18-6-2-4-16(22)12-18/h2,4,6,12-13,15,17,28H,3,5,7-11,14H2,1H3,(H,23,24,25). The Balaban J connectivity index is 1.40. The molecule has 0 bridgehead atoms. The Morgan fingerprint density at radius 3 is 2.75 bits per heavy atom. The fourth-order valence-electron chi connectivity index (χ4n) is 4.03. The van der Waals surface area contributed by atoms with E-state index >= 15 is 0 Å². The van der Waals surface area contributed by atoms with Crippen LogP contribution in [0.3, 0.4) is 0 Å². The van der Waals surface area contributed by atoms with Gasteiger partial charge in [0, 0.05) is 44.0 Å². The number of hydrogen-bond donors (Lipinski definition) is 2. The van der Waals surface area contributed by atoms with Gasteiger partial charge in [-0.05, 0) is 50.8 Å². The predicted molar refractivity (Wildman–Crippen MR) is 109 cm³/mol. The number of anilines is 3. The second kappa shape index (κ2) is 7.91.